The third-order valence-electron chi connectivity index (χ3n) is 16.3. The van der Waals surface area contributed by atoms with Crippen LogP contribution in [-0.2, 0) is 0 Å². The molecular weight excluding hydrogens is 954 g/mol. The van der Waals surface area contributed by atoms with Crippen molar-refractivity contribution in [2.75, 3.05) is 9.80 Å². The van der Waals surface area contributed by atoms with E-state index in [1.165, 1.54) is 32.5 Å². The summed E-state index contributed by atoms with van der Waals surface area (Å²) in [6, 6.07) is 90.6. The van der Waals surface area contributed by atoms with Gasteiger partial charge in [-0.05, 0) is 137 Å². The summed E-state index contributed by atoms with van der Waals surface area (Å²) < 4.78 is 28.2. The van der Waals surface area contributed by atoms with Crippen molar-refractivity contribution in [1.29, 1.82) is 0 Å². The first-order valence-corrected chi connectivity index (χ1v) is 26.6. The molecule has 0 amide bonds. The maximum atomic E-state index is 7.34. The fraction of sp³-hybridized carbons (Fsp3) is 0. The van der Waals surface area contributed by atoms with Crippen molar-refractivity contribution in [3.8, 4) is 46.0 Å². The predicted octanol–water partition coefficient (Wildman–Crippen LogP) is 14.7. The maximum absolute atomic E-state index is 7.34. The Kier molecular flexibility index (Phi) is 9.21. The van der Waals surface area contributed by atoms with Gasteiger partial charge in [0.15, 0.2) is 0 Å². The molecule has 0 aromatic heterocycles. The molecule has 8 heteroatoms. The van der Waals surface area contributed by atoms with Gasteiger partial charge >= 0.3 is 0 Å². The number of hydrogen-bond donors (Lipinski definition) is 0. The van der Waals surface area contributed by atoms with E-state index < -0.39 is 0 Å². The average molecular weight is 997 g/mol. The summed E-state index contributed by atoms with van der Waals surface area (Å²) in [5.41, 5.74) is 13.0. The van der Waals surface area contributed by atoms with Gasteiger partial charge < -0.3 is 28.7 Å². The lowest BCUT2D eigenvalue weighted by molar-refractivity contribution is 0.451. The zero-order chi connectivity index (χ0) is 51.0. The summed E-state index contributed by atoms with van der Waals surface area (Å²) >= 11 is 0. The van der Waals surface area contributed by atoms with Crippen LogP contribution in [0.25, 0.3) is 43.1 Å². The van der Waals surface area contributed by atoms with Crippen LogP contribution in [0.4, 0.5) is 34.1 Å². The largest absolute Gasteiger partial charge is 0.458 e. The molecule has 0 bridgehead atoms. The highest BCUT2D eigenvalue weighted by atomic mass is 16.5. The number of benzene rings is 13. The number of nitrogens with zero attached hydrogens (tertiary/aromatic N) is 2. The highest BCUT2D eigenvalue weighted by Gasteiger charge is 2.47. The van der Waals surface area contributed by atoms with Crippen molar-refractivity contribution in [2.45, 2.75) is 0 Å². The first-order valence-electron chi connectivity index (χ1n) is 26.6. The second kappa shape index (κ2) is 16.7. The Labute approximate surface area is 450 Å². The summed E-state index contributed by atoms with van der Waals surface area (Å²) in [5.74, 6) is 5.78. The molecule has 0 N–H and O–H groups in total. The topological polar surface area (TPSA) is 43.4 Å². The number of hydrogen-bond acceptors (Lipinski definition) is 6. The lowest BCUT2D eigenvalue weighted by atomic mass is 9.31. The minimum atomic E-state index is -0.220. The van der Waals surface area contributed by atoms with E-state index in [4.69, 9.17) is 18.9 Å². The minimum absolute atomic E-state index is 0.220. The Hall–Kier alpha value is -10.2. The third kappa shape index (κ3) is 6.66. The maximum Gasteiger partial charge on any atom is 0.256 e. The fourth-order valence-corrected chi connectivity index (χ4v) is 12.9. The number of para-hydroxylation sites is 2. The van der Waals surface area contributed by atoms with Crippen molar-refractivity contribution in [1.82, 2.24) is 0 Å². The second-order valence-electron chi connectivity index (χ2n) is 20.8. The minimum Gasteiger partial charge on any atom is -0.458 e. The van der Waals surface area contributed by atoms with E-state index in [0.29, 0.717) is 11.5 Å². The summed E-state index contributed by atoms with van der Waals surface area (Å²) in [4.78, 5) is 4.83. The zero-order valence-electron chi connectivity index (χ0n) is 41.9. The van der Waals surface area contributed by atoms with Crippen LogP contribution < -0.4 is 61.5 Å². The monoisotopic (exact) mass is 996 g/mol. The lowest BCUT2D eigenvalue weighted by Crippen LogP contribution is -2.63. The van der Waals surface area contributed by atoms with Gasteiger partial charge in [-0.2, -0.15) is 0 Å². The molecule has 0 unspecified atom stereocenters. The van der Waals surface area contributed by atoms with E-state index in [0.717, 1.165) is 112 Å². The van der Waals surface area contributed by atoms with Crippen molar-refractivity contribution >= 4 is 123 Å². The molecule has 0 saturated carbocycles. The van der Waals surface area contributed by atoms with Gasteiger partial charge in [0, 0.05) is 64.5 Å². The fourth-order valence-electron chi connectivity index (χ4n) is 12.9. The number of anilines is 6. The van der Waals surface area contributed by atoms with E-state index in [-0.39, 0.29) is 13.4 Å². The van der Waals surface area contributed by atoms with Crippen molar-refractivity contribution < 1.29 is 18.9 Å². The first-order chi connectivity index (χ1) is 38.6. The molecule has 0 atom stereocenters. The van der Waals surface area contributed by atoms with E-state index in [1.807, 2.05) is 60.7 Å². The van der Waals surface area contributed by atoms with E-state index >= 15 is 0 Å². The van der Waals surface area contributed by atoms with E-state index in [9.17, 15) is 0 Å². The van der Waals surface area contributed by atoms with Gasteiger partial charge in [-0.25, -0.2) is 0 Å². The van der Waals surface area contributed by atoms with Gasteiger partial charge in [-0.15, -0.1) is 0 Å². The molecule has 4 heterocycles. The quantitative estimate of drug-likeness (QED) is 0.155. The first kappa shape index (κ1) is 43.1. The molecule has 13 aromatic carbocycles. The van der Waals surface area contributed by atoms with E-state index in [1.54, 1.807) is 0 Å². The summed E-state index contributed by atoms with van der Waals surface area (Å²) in [5, 5.41) is 9.37. The summed E-state index contributed by atoms with van der Waals surface area (Å²) in [6.45, 7) is -0.440. The molecule has 13 aromatic rings. The molecule has 4 aliphatic rings. The summed E-state index contributed by atoms with van der Waals surface area (Å²) in [7, 11) is 0. The van der Waals surface area contributed by atoms with Crippen LogP contribution in [-0.4, -0.2) is 13.4 Å². The molecule has 6 nitrogen and oxygen atoms in total. The van der Waals surface area contributed by atoms with Crippen molar-refractivity contribution in [3.63, 3.8) is 0 Å². The van der Waals surface area contributed by atoms with Crippen LogP contribution in [0.2, 0.25) is 0 Å². The predicted molar refractivity (Wildman–Crippen MR) is 321 cm³/mol. The zero-order valence-corrected chi connectivity index (χ0v) is 41.9. The lowest BCUT2D eigenvalue weighted by Gasteiger charge is -2.42. The molecule has 78 heavy (non-hydrogen) atoms. The van der Waals surface area contributed by atoms with Gasteiger partial charge in [0.05, 0.1) is 0 Å². The molecular formula is C70H42B2N2O4. The second-order valence-corrected chi connectivity index (χ2v) is 20.8. The van der Waals surface area contributed by atoms with Crippen LogP contribution in [0.3, 0.4) is 0 Å². The smallest absolute Gasteiger partial charge is 0.256 e. The molecule has 17 rings (SSSR count). The molecule has 0 saturated heterocycles. The van der Waals surface area contributed by atoms with Gasteiger partial charge in [0.1, 0.15) is 46.0 Å². The number of rotatable bonds is 6. The van der Waals surface area contributed by atoms with Crippen LogP contribution in [0.5, 0.6) is 46.0 Å². The Morgan fingerprint density at radius 2 is 0.628 bits per heavy atom. The molecule has 0 fully saturated rings. The van der Waals surface area contributed by atoms with Gasteiger partial charge in [0.25, 0.3) is 13.4 Å². The summed E-state index contributed by atoms with van der Waals surface area (Å²) in [6.07, 6.45) is 0. The van der Waals surface area contributed by atoms with Crippen LogP contribution in [0, 0.1) is 0 Å². The Morgan fingerprint density at radius 3 is 1.05 bits per heavy atom. The average Bonchev–Trinajstić information content (AvgIpc) is 3.50. The molecule has 0 spiro atoms. The highest BCUT2D eigenvalue weighted by molar-refractivity contribution is 7.02. The SMILES string of the molecule is c1ccc(Oc2cc3c4c(c2)N(c2ccc5ccccc5c2)c2cc5ccccc5cc2B4c2cc4c(cc2O3)Oc2cc(Oc3ccccc3)cc3c2B4c2cc4ccccc4cc2N3c2ccc3ccccc3c2)cc1. The molecule has 0 radical (unpaired) electrons. The Bertz CT molecular complexity index is 4390. The Morgan fingerprint density at radius 1 is 0.256 bits per heavy atom. The van der Waals surface area contributed by atoms with Crippen LogP contribution >= 0.6 is 0 Å². The van der Waals surface area contributed by atoms with Gasteiger partial charge in [-0.3, -0.25) is 0 Å². The van der Waals surface area contributed by atoms with Crippen LogP contribution in [0.1, 0.15) is 0 Å². The van der Waals surface area contributed by atoms with Crippen molar-refractivity contribution in [3.05, 3.63) is 255 Å². The van der Waals surface area contributed by atoms with Gasteiger partial charge in [-0.1, -0.05) is 164 Å². The molecule has 362 valence electrons. The van der Waals surface area contributed by atoms with Gasteiger partial charge in [0.2, 0.25) is 0 Å². The third-order valence-corrected chi connectivity index (χ3v) is 16.3. The van der Waals surface area contributed by atoms with Crippen molar-refractivity contribution in [2.24, 2.45) is 0 Å². The number of fused-ring (bicyclic) bond motifs is 12. The van der Waals surface area contributed by atoms with E-state index in [2.05, 4.69) is 204 Å². The highest BCUT2D eigenvalue weighted by Crippen LogP contribution is 2.48. The standard InChI is InChI=1S/C70H42B2N2O4/c1-3-23-53(24-4-1)75-55-37-63-69-67(39-55)77-65-42-66-60(41-59(65)71(69)57-33-47-19-11-13-21-49(47)35-61(57)73(63)51-29-27-43-15-7-9-17-45(43)31-51)72-58-34-48-20-12-14-22-50(48)36-62(58)74(52-30-28-44-16-8-10-18-46(44)32-52)64-38-56(40-68(78-66)70(64)72)76-54-25-5-2-6-26-54/h1-42H. The Balaban J connectivity index is 0.918. The molecule has 0 aliphatic carbocycles. The number of ether oxygens (including phenoxy) is 4. The normalized spacial score (nSPS) is 13.2. The molecule has 4 aliphatic heterocycles. The van der Waals surface area contributed by atoms with Crippen LogP contribution in [0.15, 0.2) is 255 Å².